The van der Waals surface area contributed by atoms with Crippen LogP contribution in [0.1, 0.15) is 16.8 Å². The summed E-state index contributed by atoms with van der Waals surface area (Å²) < 4.78 is 0.761. The van der Waals surface area contributed by atoms with Crippen molar-refractivity contribution in [3.8, 4) is 0 Å². The molecule has 2 atom stereocenters. The number of carbonyl (C=O) groups excluding carboxylic acids is 1. The largest absolute Gasteiger partial charge is 0.481 e. The summed E-state index contributed by atoms with van der Waals surface area (Å²) in [4.78, 5) is 22.2. The molecule has 0 radical (unpaired) electrons. The summed E-state index contributed by atoms with van der Waals surface area (Å²) >= 11 is 3.28. The van der Waals surface area contributed by atoms with Gasteiger partial charge in [-0.3, -0.25) is 9.59 Å². The van der Waals surface area contributed by atoms with Crippen LogP contribution in [0.15, 0.2) is 34.8 Å². The number of primary amides is 1. The Kier molecular flexibility index (Phi) is 3.90. The number of hydrogen-bond donors (Lipinski definition) is 3. The maximum Gasteiger partial charge on any atom is 0.310 e. The van der Waals surface area contributed by atoms with Crippen molar-refractivity contribution in [2.24, 2.45) is 11.7 Å². The standard InChI is InChI=1S/C13H13BrN2O3/c14-8-2-4-11(10(6-8)12(15)17)16-9-3-1-7(5-9)13(18)19/h1-4,6-7,9,16H,5H2,(H2,15,17)(H,18,19). The van der Waals surface area contributed by atoms with Gasteiger partial charge in [0.1, 0.15) is 0 Å². The molecule has 5 nitrogen and oxygen atoms in total. The molecule has 100 valence electrons. The molecule has 0 aromatic heterocycles. The predicted molar refractivity (Wildman–Crippen MR) is 75.0 cm³/mol. The first kappa shape index (κ1) is 13.6. The van der Waals surface area contributed by atoms with Gasteiger partial charge in [-0.1, -0.05) is 28.1 Å². The molecule has 0 saturated heterocycles. The number of rotatable bonds is 4. The van der Waals surface area contributed by atoms with Crippen molar-refractivity contribution in [3.63, 3.8) is 0 Å². The summed E-state index contributed by atoms with van der Waals surface area (Å²) in [5.74, 6) is -1.85. The van der Waals surface area contributed by atoms with Crippen LogP contribution in [0, 0.1) is 5.92 Å². The minimum Gasteiger partial charge on any atom is -0.481 e. The molecule has 0 heterocycles. The van der Waals surface area contributed by atoms with E-state index in [9.17, 15) is 9.59 Å². The number of amides is 1. The van der Waals surface area contributed by atoms with E-state index in [1.165, 1.54) is 0 Å². The van der Waals surface area contributed by atoms with Crippen LogP contribution < -0.4 is 11.1 Å². The van der Waals surface area contributed by atoms with Gasteiger partial charge in [0.2, 0.25) is 0 Å². The summed E-state index contributed by atoms with van der Waals surface area (Å²) in [5.41, 5.74) is 6.31. The SMILES string of the molecule is NC(=O)c1cc(Br)ccc1NC1C=CC(C(=O)O)C1. The van der Waals surface area contributed by atoms with E-state index in [2.05, 4.69) is 21.2 Å². The van der Waals surface area contributed by atoms with E-state index in [0.29, 0.717) is 17.7 Å². The normalized spacial score (nSPS) is 21.3. The molecule has 0 saturated carbocycles. The van der Waals surface area contributed by atoms with Crippen molar-refractivity contribution < 1.29 is 14.7 Å². The number of halogens is 1. The van der Waals surface area contributed by atoms with E-state index in [-0.39, 0.29) is 6.04 Å². The van der Waals surface area contributed by atoms with Gasteiger partial charge in [0.25, 0.3) is 5.91 Å². The quantitative estimate of drug-likeness (QED) is 0.738. The van der Waals surface area contributed by atoms with Gasteiger partial charge in [-0.15, -0.1) is 0 Å². The predicted octanol–water partition coefficient (Wildman–Crippen LogP) is 1.99. The first-order valence-corrected chi connectivity index (χ1v) is 6.53. The summed E-state index contributed by atoms with van der Waals surface area (Å²) in [5, 5.41) is 12.0. The first-order chi connectivity index (χ1) is 8.97. The lowest BCUT2D eigenvalue weighted by Gasteiger charge is -2.16. The Labute approximate surface area is 118 Å². The fourth-order valence-corrected chi connectivity index (χ4v) is 2.40. The average Bonchev–Trinajstić information content (AvgIpc) is 2.80. The Morgan fingerprint density at radius 2 is 2.11 bits per heavy atom. The lowest BCUT2D eigenvalue weighted by atomic mass is 10.1. The van der Waals surface area contributed by atoms with Crippen LogP contribution in [-0.2, 0) is 4.79 Å². The zero-order chi connectivity index (χ0) is 14.0. The van der Waals surface area contributed by atoms with E-state index >= 15 is 0 Å². The molecule has 0 spiro atoms. The van der Waals surface area contributed by atoms with Gasteiger partial charge in [0.05, 0.1) is 11.5 Å². The van der Waals surface area contributed by atoms with Crippen LogP contribution in [0.4, 0.5) is 5.69 Å². The van der Waals surface area contributed by atoms with Gasteiger partial charge in [0.15, 0.2) is 0 Å². The van der Waals surface area contributed by atoms with Crippen molar-refractivity contribution in [2.75, 3.05) is 5.32 Å². The molecule has 0 fully saturated rings. The maximum atomic E-state index is 11.4. The fourth-order valence-electron chi connectivity index (χ4n) is 2.04. The fraction of sp³-hybridized carbons (Fsp3) is 0.231. The van der Waals surface area contributed by atoms with Crippen LogP contribution in [-0.4, -0.2) is 23.0 Å². The van der Waals surface area contributed by atoms with E-state index in [1.807, 2.05) is 0 Å². The minimum absolute atomic E-state index is 0.111. The zero-order valence-corrected chi connectivity index (χ0v) is 11.6. The van der Waals surface area contributed by atoms with Crippen LogP contribution in [0.3, 0.4) is 0 Å². The molecule has 1 aliphatic rings. The van der Waals surface area contributed by atoms with E-state index in [0.717, 1.165) is 4.47 Å². The summed E-state index contributed by atoms with van der Waals surface area (Å²) in [6, 6.07) is 5.06. The number of nitrogens with one attached hydrogen (secondary N) is 1. The third-order valence-corrected chi connectivity index (χ3v) is 3.48. The number of hydrogen-bond acceptors (Lipinski definition) is 3. The number of carboxylic acid groups (broad SMARTS) is 1. The van der Waals surface area contributed by atoms with E-state index in [4.69, 9.17) is 10.8 Å². The van der Waals surface area contributed by atoms with Crippen molar-refractivity contribution in [1.82, 2.24) is 0 Å². The zero-order valence-electron chi connectivity index (χ0n) is 9.97. The molecular formula is C13H13BrN2O3. The van der Waals surface area contributed by atoms with Crippen LogP contribution in [0.2, 0.25) is 0 Å². The highest BCUT2D eigenvalue weighted by atomic mass is 79.9. The Bertz CT molecular complexity index is 557. The molecule has 0 aliphatic heterocycles. The molecular weight excluding hydrogens is 312 g/mol. The van der Waals surface area contributed by atoms with Gasteiger partial charge in [0, 0.05) is 16.2 Å². The second-order valence-electron chi connectivity index (χ2n) is 4.37. The summed E-state index contributed by atoms with van der Waals surface area (Å²) in [6.45, 7) is 0. The number of nitrogens with two attached hydrogens (primary N) is 1. The van der Waals surface area contributed by atoms with Crippen molar-refractivity contribution in [1.29, 1.82) is 0 Å². The second kappa shape index (κ2) is 5.44. The molecule has 1 aliphatic carbocycles. The number of aliphatic carboxylic acids is 1. The van der Waals surface area contributed by atoms with Crippen LogP contribution in [0.5, 0.6) is 0 Å². The smallest absolute Gasteiger partial charge is 0.310 e. The number of carbonyl (C=O) groups is 2. The number of carboxylic acids is 1. The van der Waals surface area contributed by atoms with Gasteiger partial charge < -0.3 is 16.2 Å². The van der Waals surface area contributed by atoms with Crippen molar-refractivity contribution >= 4 is 33.5 Å². The second-order valence-corrected chi connectivity index (χ2v) is 5.29. The Balaban J connectivity index is 2.15. The lowest BCUT2D eigenvalue weighted by Crippen LogP contribution is -2.21. The lowest BCUT2D eigenvalue weighted by molar-refractivity contribution is -0.140. The third-order valence-electron chi connectivity index (χ3n) is 2.99. The minimum atomic E-state index is -0.841. The highest BCUT2D eigenvalue weighted by molar-refractivity contribution is 9.10. The van der Waals surface area contributed by atoms with Gasteiger partial charge in [-0.05, 0) is 24.6 Å². The molecule has 4 N–H and O–H groups in total. The summed E-state index contributed by atoms with van der Waals surface area (Å²) in [6.07, 6.45) is 3.91. The first-order valence-electron chi connectivity index (χ1n) is 5.74. The van der Waals surface area contributed by atoms with Gasteiger partial charge in [-0.25, -0.2) is 0 Å². The highest BCUT2D eigenvalue weighted by Gasteiger charge is 2.25. The summed E-state index contributed by atoms with van der Waals surface area (Å²) in [7, 11) is 0. The molecule has 2 unspecified atom stereocenters. The monoisotopic (exact) mass is 324 g/mol. The topological polar surface area (TPSA) is 92.4 Å². The Hall–Kier alpha value is -1.82. The Morgan fingerprint density at radius 1 is 1.37 bits per heavy atom. The average molecular weight is 325 g/mol. The highest BCUT2D eigenvalue weighted by Crippen LogP contribution is 2.25. The molecule has 1 amide bonds. The molecule has 2 rings (SSSR count). The van der Waals surface area contributed by atoms with Crippen LogP contribution >= 0.6 is 15.9 Å². The third kappa shape index (κ3) is 3.14. The van der Waals surface area contributed by atoms with Crippen molar-refractivity contribution in [3.05, 3.63) is 40.4 Å². The molecule has 19 heavy (non-hydrogen) atoms. The number of anilines is 1. The van der Waals surface area contributed by atoms with Crippen LogP contribution in [0.25, 0.3) is 0 Å². The molecule has 1 aromatic carbocycles. The van der Waals surface area contributed by atoms with Gasteiger partial charge >= 0.3 is 5.97 Å². The molecule has 1 aromatic rings. The molecule has 6 heteroatoms. The van der Waals surface area contributed by atoms with E-state index < -0.39 is 17.8 Å². The number of benzene rings is 1. The van der Waals surface area contributed by atoms with Crippen molar-refractivity contribution in [2.45, 2.75) is 12.5 Å². The molecule has 0 bridgehead atoms. The van der Waals surface area contributed by atoms with Gasteiger partial charge in [-0.2, -0.15) is 0 Å². The maximum absolute atomic E-state index is 11.4. The van der Waals surface area contributed by atoms with E-state index in [1.54, 1.807) is 30.4 Å². The Morgan fingerprint density at radius 3 is 2.68 bits per heavy atom.